The van der Waals surface area contributed by atoms with Crippen LogP contribution in [0, 0.1) is 16.0 Å². The van der Waals surface area contributed by atoms with E-state index in [2.05, 4.69) is 15.9 Å². The molecule has 1 aliphatic rings. The molecule has 0 spiro atoms. The van der Waals surface area contributed by atoms with Crippen LogP contribution in [0.3, 0.4) is 0 Å². The quantitative estimate of drug-likeness (QED) is 0.665. The van der Waals surface area contributed by atoms with E-state index in [4.69, 9.17) is 10.5 Å². The molecule has 1 fully saturated rings. The molecule has 0 bridgehead atoms. The predicted molar refractivity (Wildman–Crippen MR) is 75.8 cm³/mol. The highest BCUT2D eigenvalue weighted by atomic mass is 79.9. The summed E-state index contributed by atoms with van der Waals surface area (Å²) in [7, 11) is 0. The van der Waals surface area contributed by atoms with Crippen molar-refractivity contribution in [1.29, 1.82) is 0 Å². The minimum Gasteiger partial charge on any atom is -0.373 e. The van der Waals surface area contributed by atoms with E-state index in [9.17, 15) is 10.1 Å². The lowest BCUT2D eigenvalue weighted by Crippen LogP contribution is -2.25. The number of nitro groups is 1. The standard InChI is InChI=1S/C13H17BrN2O3/c14-11-5-4-10(12(6-11)16(17)18)8-19-13-3-1-2-9(13)7-15/h4-6,9,13H,1-3,7-8,15H2. The van der Waals surface area contributed by atoms with Gasteiger partial charge in [-0.2, -0.15) is 0 Å². The molecule has 104 valence electrons. The first-order valence-electron chi connectivity index (χ1n) is 6.36. The van der Waals surface area contributed by atoms with Gasteiger partial charge in [0.15, 0.2) is 0 Å². The minimum atomic E-state index is -0.376. The van der Waals surface area contributed by atoms with Crippen LogP contribution in [0.2, 0.25) is 0 Å². The van der Waals surface area contributed by atoms with Gasteiger partial charge in [-0.1, -0.05) is 22.4 Å². The van der Waals surface area contributed by atoms with Crippen LogP contribution in [0.25, 0.3) is 0 Å². The normalized spacial score (nSPS) is 22.6. The van der Waals surface area contributed by atoms with Crippen LogP contribution in [0.15, 0.2) is 22.7 Å². The molecule has 2 atom stereocenters. The third-order valence-corrected chi connectivity index (χ3v) is 4.08. The van der Waals surface area contributed by atoms with E-state index >= 15 is 0 Å². The molecule has 0 amide bonds. The number of nitrogens with two attached hydrogens (primary N) is 1. The molecule has 2 unspecified atom stereocenters. The zero-order valence-electron chi connectivity index (χ0n) is 10.5. The van der Waals surface area contributed by atoms with E-state index in [1.165, 1.54) is 6.07 Å². The van der Waals surface area contributed by atoms with Gasteiger partial charge in [-0.3, -0.25) is 10.1 Å². The number of halogens is 1. The van der Waals surface area contributed by atoms with Crippen molar-refractivity contribution in [2.75, 3.05) is 6.54 Å². The second-order valence-corrected chi connectivity index (χ2v) is 5.72. The van der Waals surface area contributed by atoms with Crippen LogP contribution < -0.4 is 5.73 Å². The summed E-state index contributed by atoms with van der Waals surface area (Å²) in [6.45, 7) is 0.887. The van der Waals surface area contributed by atoms with Crippen molar-refractivity contribution in [2.45, 2.75) is 32.0 Å². The molecule has 1 aliphatic carbocycles. The molecule has 0 heterocycles. The van der Waals surface area contributed by atoms with Crippen LogP contribution in [0.1, 0.15) is 24.8 Å². The van der Waals surface area contributed by atoms with Gasteiger partial charge < -0.3 is 10.5 Å². The van der Waals surface area contributed by atoms with E-state index < -0.39 is 0 Å². The molecular formula is C13H17BrN2O3. The number of hydrogen-bond acceptors (Lipinski definition) is 4. The van der Waals surface area contributed by atoms with Crippen LogP contribution in [-0.2, 0) is 11.3 Å². The van der Waals surface area contributed by atoms with Crippen molar-refractivity contribution in [3.63, 3.8) is 0 Å². The fourth-order valence-corrected chi connectivity index (χ4v) is 2.87. The Kier molecular flexibility index (Phi) is 4.90. The van der Waals surface area contributed by atoms with E-state index in [0.717, 1.165) is 19.3 Å². The molecule has 2 rings (SSSR count). The zero-order valence-corrected chi connectivity index (χ0v) is 12.1. The van der Waals surface area contributed by atoms with Crippen molar-refractivity contribution < 1.29 is 9.66 Å². The first-order chi connectivity index (χ1) is 9.11. The van der Waals surface area contributed by atoms with Crippen molar-refractivity contribution in [1.82, 2.24) is 0 Å². The Morgan fingerprint density at radius 1 is 1.47 bits per heavy atom. The van der Waals surface area contributed by atoms with E-state index in [0.29, 0.717) is 22.5 Å². The number of rotatable bonds is 5. The lowest BCUT2D eigenvalue weighted by atomic mass is 10.1. The molecular weight excluding hydrogens is 312 g/mol. The summed E-state index contributed by atoms with van der Waals surface area (Å²) in [6.07, 6.45) is 3.33. The number of nitro benzene ring substituents is 1. The fourth-order valence-electron chi connectivity index (χ4n) is 2.52. The van der Waals surface area contributed by atoms with Crippen molar-refractivity contribution in [2.24, 2.45) is 11.7 Å². The van der Waals surface area contributed by atoms with Gasteiger partial charge >= 0.3 is 0 Å². The average Bonchev–Trinajstić information content (AvgIpc) is 2.84. The van der Waals surface area contributed by atoms with Crippen LogP contribution in [0.4, 0.5) is 5.69 Å². The summed E-state index contributed by atoms with van der Waals surface area (Å²) in [5.74, 6) is 0.384. The molecule has 2 N–H and O–H groups in total. The first kappa shape index (κ1) is 14.4. The van der Waals surface area contributed by atoms with Gasteiger partial charge in [0.25, 0.3) is 5.69 Å². The molecule has 1 saturated carbocycles. The maximum atomic E-state index is 11.0. The van der Waals surface area contributed by atoms with Crippen LogP contribution >= 0.6 is 15.9 Å². The molecule has 0 aromatic heterocycles. The monoisotopic (exact) mass is 328 g/mol. The second kappa shape index (κ2) is 6.45. The third kappa shape index (κ3) is 3.52. The van der Waals surface area contributed by atoms with E-state index in [1.807, 2.05) is 0 Å². The molecule has 5 nitrogen and oxygen atoms in total. The predicted octanol–water partition coefficient (Wildman–Crippen LogP) is 3.00. The Morgan fingerprint density at radius 2 is 2.26 bits per heavy atom. The summed E-state index contributed by atoms with van der Waals surface area (Å²) in [4.78, 5) is 10.6. The SMILES string of the molecule is NCC1CCCC1OCc1ccc(Br)cc1[N+](=O)[O-]. The van der Waals surface area contributed by atoms with Gasteiger partial charge in [0, 0.05) is 10.5 Å². The largest absolute Gasteiger partial charge is 0.373 e. The van der Waals surface area contributed by atoms with E-state index in [-0.39, 0.29) is 23.3 Å². The molecule has 0 radical (unpaired) electrons. The fraction of sp³-hybridized carbons (Fsp3) is 0.538. The van der Waals surface area contributed by atoms with Crippen molar-refractivity contribution >= 4 is 21.6 Å². The zero-order chi connectivity index (χ0) is 13.8. The lowest BCUT2D eigenvalue weighted by Gasteiger charge is -2.18. The first-order valence-corrected chi connectivity index (χ1v) is 7.15. The summed E-state index contributed by atoms with van der Waals surface area (Å²) in [6, 6.07) is 5.03. The van der Waals surface area contributed by atoms with Gasteiger partial charge in [0.05, 0.1) is 23.2 Å². The highest BCUT2D eigenvalue weighted by Crippen LogP contribution is 2.30. The smallest absolute Gasteiger partial charge is 0.276 e. The maximum Gasteiger partial charge on any atom is 0.276 e. The highest BCUT2D eigenvalue weighted by Gasteiger charge is 2.27. The van der Waals surface area contributed by atoms with Crippen LogP contribution in [-0.4, -0.2) is 17.6 Å². The molecule has 0 aliphatic heterocycles. The summed E-state index contributed by atoms with van der Waals surface area (Å²) < 4.78 is 6.52. The summed E-state index contributed by atoms with van der Waals surface area (Å²) in [5, 5.41) is 11.0. The minimum absolute atomic E-state index is 0.0941. The Bertz CT molecular complexity index is 467. The molecule has 6 heteroatoms. The molecule has 1 aromatic carbocycles. The topological polar surface area (TPSA) is 78.4 Å². The number of nitrogens with zero attached hydrogens (tertiary/aromatic N) is 1. The van der Waals surface area contributed by atoms with Gasteiger partial charge in [-0.05, 0) is 37.4 Å². The second-order valence-electron chi connectivity index (χ2n) is 4.81. The molecule has 0 saturated heterocycles. The van der Waals surface area contributed by atoms with Crippen molar-refractivity contribution in [3.05, 3.63) is 38.3 Å². The van der Waals surface area contributed by atoms with Crippen molar-refractivity contribution in [3.8, 4) is 0 Å². The van der Waals surface area contributed by atoms with Gasteiger partial charge in [0.1, 0.15) is 0 Å². The number of ether oxygens (including phenoxy) is 1. The summed E-state index contributed by atoms with van der Waals surface area (Å²) >= 11 is 3.24. The third-order valence-electron chi connectivity index (χ3n) is 3.59. The average molecular weight is 329 g/mol. The van der Waals surface area contributed by atoms with Crippen LogP contribution in [0.5, 0.6) is 0 Å². The molecule has 19 heavy (non-hydrogen) atoms. The Balaban J connectivity index is 2.05. The maximum absolute atomic E-state index is 11.0. The Labute approximate surface area is 120 Å². The number of hydrogen-bond donors (Lipinski definition) is 1. The Hall–Kier alpha value is -0.980. The Morgan fingerprint density at radius 3 is 2.95 bits per heavy atom. The molecule has 1 aromatic rings. The van der Waals surface area contributed by atoms with Gasteiger partial charge in [0.2, 0.25) is 0 Å². The van der Waals surface area contributed by atoms with Gasteiger partial charge in [-0.15, -0.1) is 0 Å². The number of benzene rings is 1. The van der Waals surface area contributed by atoms with Gasteiger partial charge in [-0.25, -0.2) is 0 Å². The summed E-state index contributed by atoms with van der Waals surface area (Å²) in [5.41, 5.74) is 6.40. The highest BCUT2D eigenvalue weighted by molar-refractivity contribution is 9.10. The lowest BCUT2D eigenvalue weighted by molar-refractivity contribution is -0.386. The van der Waals surface area contributed by atoms with E-state index in [1.54, 1.807) is 12.1 Å².